The molecule has 2 aliphatic carbocycles. The van der Waals surface area contributed by atoms with Crippen molar-refractivity contribution >= 4 is 50.9 Å². The zero-order valence-electron chi connectivity index (χ0n) is 29.3. The molecule has 0 unspecified atom stereocenters. The fourth-order valence-corrected chi connectivity index (χ4v) is 9.36. The summed E-state index contributed by atoms with van der Waals surface area (Å²) in [4.78, 5) is 25.5. The number of fused-ring (bicyclic) bond motifs is 4. The van der Waals surface area contributed by atoms with Gasteiger partial charge in [-0.05, 0) is 75.3 Å². The van der Waals surface area contributed by atoms with Gasteiger partial charge in [0.05, 0.1) is 51.5 Å². The number of carbonyl (C=O) groups excluding carboxylic acids is 1. The minimum atomic E-state index is -0.501. The first-order valence-electron chi connectivity index (χ1n) is 18.2. The van der Waals surface area contributed by atoms with E-state index in [1.807, 2.05) is 17.9 Å². The zero-order chi connectivity index (χ0) is 36.7. The van der Waals surface area contributed by atoms with Crippen LogP contribution in [0.3, 0.4) is 0 Å². The van der Waals surface area contributed by atoms with Crippen LogP contribution in [0.4, 0.5) is 4.39 Å². The van der Waals surface area contributed by atoms with E-state index in [9.17, 15) is 15.3 Å². The van der Waals surface area contributed by atoms with Crippen molar-refractivity contribution in [1.82, 2.24) is 24.8 Å². The molecule has 2 bridgehead atoms. The molecule has 10 rings (SSSR count). The summed E-state index contributed by atoms with van der Waals surface area (Å²) in [5.41, 5.74) is 5.30. The number of carbonyl (C=O) groups is 1. The number of ether oxygens (including phenoxy) is 1. The minimum Gasteiger partial charge on any atom is -0.472 e. The molecule has 5 aromatic rings. The molecule has 2 saturated carbocycles. The molecule has 0 spiro atoms. The molecule has 3 aliphatic heterocycles. The molecular weight excluding hydrogens is 712 g/mol. The molecule has 3 saturated heterocycles. The number of hydrogen-bond acceptors (Lipinski definition) is 7. The van der Waals surface area contributed by atoms with Crippen LogP contribution in [0.25, 0.3) is 32.9 Å². The van der Waals surface area contributed by atoms with Crippen molar-refractivity contribution in [2.75, 3.05) is 13.1 Å². The summed E-state index contributed by atoms with van der Waals surface area (Å²) >= 11 is 13.1. The Morgan fingerprint density at radius 1 is 1.08 bits per heavy atom. The lowest BCUT2D eigenvalue weighted by molar-refractivity contribution is -0.133. The number of aryl methyl sites for hydroxylation is 3. The fourth-order valence-electron chi connectivity index (χ4n) is 8.96. The maximum absolute atomic E-state index is 17.2. The first-order chi connectivity index (χ1) is 25.7. The van der Waals surface area contributed by atoms with Crippen molar-refractivity contribution in [2.45, 2.75) is 76.6 Å². The fraction of sp³-hybridized carbons (Fsp3) is 0.390. The monoisotopic (exact) mass is 747 g/mol. The number of amides is 1. The van der Waals surface area contributed by atoms with Gasteiger partial charge in [0.15, 0.2) is 5.82 Å². The number of aromatic nitrogens is 3. The van der Waals surface area contributed by atoms with Gasteiger partial charge >= 0.3 is 0 Å². The van der Waals surface area contributed by atoms with Crippen molar-refractivity contribution < 1.29 is 13.9 Å². The topological polar surface area (TPSA) is 120 Å². The van der Waals surface area contributed by atoms with Crippen molar-refractivity contribution in [3.63, 3.8) is 0 Å². The van der Waals surface area contributed by atoms with E-state index in [-0.39, 0.29) is 53.0 Å². The maximum atomic E-state index is 17.2. The average Bonchev–Trinajstić information content (AvgIpc) is 3.43. The van der Waals surface area contributed by atoms with Gasteiger partial charge in [-0.3, -0.25) is 4.79 Å². The van der Waals surface area contributed by atoms with Gasteiger partial charge < -0.3 is 19.5 Å². The Bertz CT molecular complexity index is 2430. The van der Waals surface area contributed by atoms with Gasteiger partial charge in [-0.15, -0.1) is 0 Å². The number of benzene rings is 2. The molecule has 53 heavy (non-hydrogen) atoms. The summed E-state index contributed by atoms with van der Waals surface area (Å²) in [5.74, 6) is 0.443. The summed E-state index contributed by atoms with van der Waals surface area (Å²) in [5, 5.41) is 24.8. The number of nitrogens with one attached hydrogen (secondary N) is 1. The molecular formula is C41H36Cl2FN7O2. The van der Waals surface area contributed by atoms with Crippen LogP contribution in [0, 0.1) is 54.2 Å². The molecule has 6 heterocycles. The minimum absolute atomic E-state index is 0.00339. The van der Waals surface area contributed by atoms with Crippen LogP contribution in [0.15, 0.2) is 42.5 Å². The number of hydrogen-bond donors (Lipinski definition) is 1. The van der Waals surface area contributed by atoms with Gasteiger partial charge in [-0.2, -0.15) is 10.5 Å². The van der Waals surface area contributed by atoms with Crippen LogP contribution in [0.5, 0.6) is 5.88 Å². The van der Waals surface area contributed by atoms with Gasteiger partial charge in [0.25, 0.3) is 0 Å². The lowest BCUT2D eigenvalue weighted by atomic mass is 9.79. The summed E-state index contributed by atoms with van der Waals surface area (Å²) in [7, 11) is 0. The standard InChI is InChI=1S/C41H36Cl2FN7O2/c1-20-24(17-46)10-11-34(48-20)53-26-15-32(50(19-26)41(52)22-8-9-22)33-16-28-21(2)49-38-29(40(28)51(33)39-25-14-31(39)47-18-25)13-23(5-4-12-45)35(37(38)44)27-6-3-7-30(42)36(27)43/h3,6-7,10-11,13,16,22,25-26,31-32,39,47H,4-5,8-9,14-15,18-19H2,1-2H3/t25-,26+,31-,32-,39+/m1/s1. The maximum Gasteiger partial charge on any atom is 0.226 e. The van der Waals surface area contributed by atoms with E-state index in [1.54, 1.807) is 37.3 Å². The highest BCUT2D eigenvalue weighted by atomic mass is 35.5. The summed E-state index contributed by atoms with van der Waals surface area (Å²) < 4.78 is 26.0. The van der Waals surface area contributed by atoms with Crippen LogP contribution >= 0.6 is 23.2 Å². The van der Waals surface area contributed by atoms with E-state index in [2.05, 4.69) is 33.1 Å². The Labute approximate surface area is 316 Å². The molecule has 1 N–H and O–H groups in total. The Hall–Kier alpha value is -4.74. The van der Waals surface area contributed by atoms with E-state index in [1.165, 1.54) is 0 Å². The molecule has 5 fully saturated rings. The van der Waals surface area contributed by atoms with Gasteiger partial charge in [-0.1, -0.05) is 35.3 Å². The van der Waals surface area contributed by atoms with Crippen molar-refractivity contribution in [2.24, 2.45) is 11.8 Å². The Morgan fingerprint density at radius 2 is 1.91 bits per heavy atom. The second-order valence-corrected chi connectivity index (χ2v) is 15.7. The first kappa shape index (κ1) is 34.1. The normalized spacial score (nSPS) is 23.3. The van der Waals surface area contributed by atoms with Crippen molar-refractivity contribution in [3.8, 4) is 29.1 Å². The third-order valence-corrected chi connectivity index (χ3v) is 12.5. The molecule has 1 amide bonds. The van der Waals surface area contributed by atoms with Crippen LogP contribution in [0.1, 0.15) is 72.4 Å². The van der Waals surface area contributed by atoms with Gasteiger partial charge in [0.1, 0.15) is 17.7 Å². The molecule has 2 aromatic carbocycles. The number of pyridine rings is 2. The first-order valence-corrected chi connectivity index (χ1v) is 19.0. The van der Waals surface area contributed by atoms with Gasteiger partial charge in [0.2, 0.25) is 11.8 Å². The van der Waals surface area contributed by atoms with Crippen LogP contribution < -0.4 is 10.1 Å². The van der Waals surface area contributed by atoms with Crippen LogP contribution in [-0.2, 0) is 11.2 Å². The van der Waals surface area contributed by atoms with Gasteiger partial charge in [0, 0.05) is 70.7 Å². The average molecular weight is 749 g/mol. The molecule has 268 valence electrons. The summed E-state index contributed by atoms with van der Waals surface area (Å²) in [6.45, 7) is 4.99. The smallest absolute Gasteiger partial charge is 0.226 e. The SMILES string of the molecule is Cc1nc(O[C@H]2C[C@H](c3cc4c(C)nc5c(F)c(-c6cccc(Cl)c6Cl)c(CCC#N)cc5c4n3[C@H]3[C@H]4CN[C@@H]3C4)N(C(=O)C3CC3)C2)ccc1C#N. The molecule has 12 heteroatoms. The lowest BCUT2D eigenvalue weighted by Gasteiger charge is -2.39. The highest BCUT2D eigenvalue weighted by Crippen LogP contribution is 2.51. The highest BCUT2D eigenvalue weighted by molar-refractivity contribution is 6.43. The van der Waals surface area contributed by atoms with Gasteiger partial charge in [-0.25, -0.2) is 14.4 Å². The van der Waals surface area contributed by atoms with E-state index in [0.29, 0.717) is 75.2 Å². The van der Waals surface area contributed by atoms with E-state index < -0.39 is 5.82 Å². The number of halogens is 3. The Balaban J connectivity index is 1.24. The van der Waals surface area contributed by atoms with Crippen LogP contribution in [0.2, 0.25) is 10.0 Å². The third-order valence-electron chi connectivity index (χ3n) is 11.7. The number of nitriles is 2. The zero-order valence-corrected chi connectivity index (χ0v) is 30.8. The summed E-state index contributed by atoms with van der Waals surface area (Å²) in [6.07, 6.45) is 3.54. The third kappa shape index (κ3) is 5.53. The second-order valence-electron chi connectivity index (χ2n) is 14.9. The lowest BCUT2D eigenvalue weighted by Crippen LogP contribution is -2.41. The highest BCUT2D eigenvalue weighted by Gasteiger charge is 2.51. The van der Waals surface area contributed by atoms with Crippen molar-refractivity contribution in [3.05, 3.63) is 86.5 Å². The molecule has 3 aromatic heterocycles. The Kier molecular flexibility index (Phi) is 8.34. The number of likely N-dealkylation sites (tertiary alicyclic amines) is 1. The molecule has 5 aliphatic rings. The van der Waals surface area contributed by atoms with E-state index in [4.69, 9.17) is 32.9 Å². The largest absolute Gasteiger partial charge is 0.472 e. The quantitative estimate of drug-likeness (QED) is 0.170. The molecule has 9 nitrogen and oxygen atoms in total. The van der Waals surface area contributed by atoms with Crippen LogP contribution in [-0.4, -0.2) is 50.6 Å². The Morgan fingerprint density at radius 3 is 2.60 bits per heavy atom. The molecule has 0 radical (unpaired) electrons. The van der Waals surface area contributed by atoms with E-state index in [0.717, 1.165) is 42.4 Å². The number of rotatable bonds is 8. The predicted molar refractivity (Wildman–Crippen MR) is 200 cm³/mol. The van der Waals surface area contributed by atoms with E-state index >= 15 is 4.39 Å². The predicted octanol–water partition coefficient (Wildman–Crippen LogP) is 8.31. The molecule has 5 atom stereocenters. The van der Waals surface area contributed by atoms with Crippen molar-refractivity contribution in [1.29, 1.82) is 10.5 Å². The number of nitrogens with zero attached hydrogens (tertiary/aromatic N) is 6. The second kappa shape index (κ2) is 13.0. The summed E-state index contributed by atoms with van der Waals surface area (Å²) in [6, 6.07) is 17.2.